The Kier molecular flexibility index (Phi) is 11.0. The number of carbonyl (C=O) groups excluding carboxylic acids is 2. The molecule has 5 rings (SSSR count). The van der Waals surface area contributed by atoms with Crippen LogP contribution in [0.4, 0.5) is 10.6 Å². The molecule has 0 radical (unpaired) electrons. The monoisotopic (exact) mass is 757 g/mol. The second-order valence-corrected chi connectivity index (χ2v) is 18.6. The molecule has 1 aliphatic carbocycles. The number of nitrogens with one attached hydrogen (secondary N) is 2. The van der Waals surface area contributed by atoms with Crippen LogP contribution in [0.3, 0.4) is 0 Å². The molecular formula is C37H52ClN7O6S. The molecule has 2 amide bonds. The van der Waals surface area contributed by atoms with Gasteiger partial charge in [-0.3, -0.25) is 4.79 Å². The van der Waals surface area contributed by atoms with Gasteiger partial charge in [-0.1, -0.05) is 45.4 Å². The fourth-order valence-corrected chi connectivity index (χ4v) is 8.46. The molecule has 1 atom stereocenters. The Labute approximate surface area is 312 Å². The Morgan fingerprint density at radius 3 is 2.37 bits per heavy atom. The van der Waals surface area contributed by atoms with Gasteiger partial charge in [-0.05, 0) is 107 Å². The number of carbonyl (C=O) groups is 2. The lowest BCUT2D eigenvalue weighted by Gasteiger charge is -2.33. The number of anilines is 1. The van der Waals surface area contributed by atoms with Crippen LogP contribution in [0.15, 0.2) is 47.6 Å². The van der Waals surface area contributed by atoms with E-state index in [0.29, 0.717) is 49.0 Å². The summed E-state index contributed by atoms with van der Waals surface area (Å²) in [6.45, 7) is 20.5. The van der Waals surface area contributed by atoms with Crippen molar-refractivity contribution in [3.8, 4) is 11.7 Å². The lowest BCUT2D eigenvalue weighted by atomic mass is 9.93. The molecule has 15 heteroatoms. The highest BCUT2D eigenvalue weighted by Gasteiger charge is 2.63. The quantitative estimate of drug-likeness (QED) is 0.136. The average molecular weight is 758 g/mol. The Bertz CT molecular complexity index is 1890. The highest BCUT2D eigenvalue weighted by atomic mass is 35.5. The van der Waals surface area contributed by atoms with Gasteiger partial charge in [-0.15, -0.1) is 5.10 Å². The van der Waals surface area contributed by atoms with Crippen molar-refractivity contribution in [2.24, 2.45) is 22.7 Å². The van der Waals surface area contributed by atoms with E-state index in [1.54, 1.807) is 29.3 Å². The SMILES string of the molecule is CC(C)(C)OC(=O)N1C[C@@H](CCCNc2cccc(S(=O)(=O)NC(=O)c3ccc(-n4ccc(OCCC5C(C)(C)C5(C)C)n4)nc3Cl)n2)CC1(C)C. The number of hydrogen-bond acceptors (Lipinski definition) is 10. The van der Waals surface area contributed by atoms with Gasteiger partial charge in [0.25, 0.3) is 15.9 Å². The lowest BCUT2D eigenvalue weighted by Crippen LogP contribution is -2.45. The van der Waals surface area contributed by atoms with Gasteiger partial charge in [0.15, 0.2) is 10.8 Å². The topological polar surface area (TPSA) is 158 Å². The van der Waals surface area contributed by atoms with E-state index in [0.717, 1.165) is 25.7 Å². The molecule has 0 aromatic carbocycles. The highest BCUT2D eigenvalue weighted by Crippen LogP contribution is 2.69. The molecule has 3 aromatic heterocycles. The van der Waals surface area contributed by atoms with Crippen LogP contribution in [-0.4, -0.2) is 75.9 Å². The van der Waals surface area contributed by atoms with Crippen LogP contribution in [0.5, 0.6) is 5.88 Å². The van der Waals surface area contributed by atoms with Crippen molar-refractivity contribution in [1.29, 1.82) is 0 Å². The van der Waals surface area contributed by atoms with E-state index in [1.165, 1.54) is 22.9 Å². The molecule has 13 nitrogen and oxygen atoms in total. The van der Waals surface area contributed by atoms with Crippen LogP contribution in [0.25, 0.3) is 5.82 Å². The summed E-state index contributed by atoms with van der Waals surface area (Å²) in [4.78, 5) is 36.1. The Morgan fingerprint density at radius 2 is 1.71 bits per heavy atom. The molecule has 0 unspecified atom stereocenters. The Balaban J connectivity index is 1.11. The zero-order valence-corrected chi connectivity index (χ0v) is 33.2. The van der Waals surface area contributed by atoms with E-state index in [9.17, 15) is 18.0 Å². The second-order valence-electron chi connectivity index (χ2n) is 16.6. The Morgan fingerprint density at radius 1 is 1.00 bits per heavy atom. The van der Waals surface area contributed by atoms with E-state index < -0.39 is 21.5 Å². The number of likely N-dealkylation sites (tertiary alicyclic amines) is 1. The predicted octanol–water partition coefficient (Wildman–Crippen LogP) is 7.11. The number of pyridine rings is 2. The maximum atomic E-state index is 13.2. The number of amides is 2. The van der Waals surface area contributed by atoms with Gasteiger partial charge in [0, 0.05) is 30.9 Å². The highest BCUT2D eigenvalue weighted by molar-refractivity contribution is 7.90. The first-order chi connectivity index (χ1) is 24.1. The molecule has 2 aliphatic rings. The van der Waals surface area contributed by atoms with E-state index in [4.69, 9.17) is 21.1 Å². The van der Waals surface area contributed by atoms with E-state index in [1.807, 2.05) is 39.3 Å². The van der Waals surface area contributed by atoms with Gasteiger partial charge in [0.2, 0.25) is 5.88 Å². The van der Waals surface area contributed by atoms with Crippen molar-refractivity contribution in [2.45, 2.75) is 104 Å². The van der Waals surface area contributed by atoms with E-state index in [-0.39, 0.29) is 38.2 Å². The molecule has 1 saturated heterocycles. The third-order valence-corrected chi connectivity index (χ3v) is 12.3. The zero-order valence-electron chi connectivity index (χ0n) is 31.6. The van der Waals surface area contributed by atoms with Crippen LogP contribution in [0.2, 0.25) is 5.15 Å². The van der Waals surface area contributed by atoms with Crippen LogP contribution < -0.4 is 14.8 Å². The van der Waals surface area contributed by atoms with Crippen LogP contribution in [-0.2, 0) is 14.8 Å². The normalized spacial score (nSPS) is 19.3. The molecule has 52 heavy (non-hydrogen) atoms. The number of sulfonamides is 1. The van der Waals surface area contributed by atoms with Crippen LogP contribution in [0, 0.1) is 22.7 Å². The molecule has 1 saturated carbocycles. The maximum Gasteiger partial charge on any atom is 0.410 e. The fraction of sp³-hybridized carbons (Fsp3) is 0.595. The summed E-state index contributed by atoms with van der Waals surface area (Å²) in [6, 6.07) is 9.14. The van der Waals surface area contributed by atoms with E-state index in [2.05, 4.69) is 48.1 Å². The summed E-state index contributed by atoms with van der Waals surface area (Å²) in [6.07, 6.45) is 4.80. The number of halogens is 1. The second kappa shape index (κ2) is 14.5. The van der Waals surface area contributed by atoms with Crippen LogP contribution in [0.1, 0.15) is 98.4 Å². The molecule has 4 heterocycles. The van der Waals surface area contributed by atoms with Gasteiger partial charge in [-0.25, -0.2) is 24.2 Å². The number of aromatic nitrogens is 4. The van der Waals surface area contributed by atoms with Crippen molar-refractivity contribution in [1.82, 2.24) is 29.4 Å². The van der Waals surface area contributed by atoms with Gasteiger partial charge in [-0.2, -0.15) is 8.42 Å². The molecule has 3 aromatic rings. The molecule has 2 N–H and O–H groups in total. The summed E-state index contributed by atoms with van der Waals surface area (Å²) in [5, 5.41) is 7.06. The smallest absolute Gasteiger partial charge is 0.410 e. The van der Waals surface area contributed by atoms with Gasteiger partial charge in [0.1, 0.15) is 16.6 Å². The van der Waals surface area contributed by atoms with E-state index >= 15 is 0 Å². The van der Waals surface area contributed by atoms with Crippen molar-refractivity contribution < 1.29 is 27.5 Å². The summed E-state index contributed by atoms with van der Waals surface area (Å²) < 4.78 is 41.3. The van der Waals surface area contributed by atoms with Crippen molar-refractivity contribution >= 4 is 39.4 Å². The van der Waals surface area contributed by atoms with Crippen molar-refractivity contribution in [3.63, 3.8) is 0 Å². The third-order valence-electron chi connectivity index (χ3n) is 10.7. The molecular weight excluding hydrogens is 706 g/mol. The minimum absolute atomic E-state index is 0.123. The summed E-state index contributed by atoms with van der Waals surface area (Å²) in [7, 11) is -4.34. The molecule has 284 valence electrons. The summed E-state index contributed by atoms with van der Waals surface area (Å²) >= 11 is 6.35. The zero-order chi connectivity index (χ0) is 38.3. The number of nitrogens with zero attached hydrogens (tertiary/aromatic N) is 5. The van der Waals surface area contributed by atoms with Crippen molar-refractivity contribution in [2.75, 3.05) is 25.0 Å². The average Bonchev–Trinajstić information content (AvgIpc) is 3.43. The first-order valence-corrected chi connectivity index (χ1v) is 19.6. The fourth-order valence-electron chi connectivity index (χ4n) is 7.29. The maximum absolute atomic E-state index is 13.2. The molecule has 1 aliphatic heterocycles. The molecule has 2 fully saturated rings. The molecule has 0 bridgehead atoms. The standard InChI is InChI=1S/C37H52ClN7O6S/c1-34(2,3)51-33(47)44-23-24(22-35(44,4)5)12-11-19-39-27-13-10-14-30(40-27)52(48,49)43-32(46)25-15-16-28(41-31(25)38)45-20-17-29(42-45)50-21-18-26-36(6,7)37(26,8)9/h10,13-17,20,24,26H,11-12,18-19,21-23H2,1-9H3,(H,39,40)(H,43,46)/t24-/m0/s1. The van der Waals surface area contributed by atoms with Gasteiger partial charge >= 0.3 is 6.09 Å². The number of ether oxygens (including phenoxy) is 2. The lowest BCUT2D eigenvalue weighted by molar-refractivity contribution is 0.0130. The third kappa shape index (κ3) is 8.82. The minimum Gasteiger partial charge on any atom is -0.477 e. The first-order valence-electron chi connectivity index (χ1n) is 17.7. The molecule has 0 spiro atoms. The van der Waals surface area contributed by atoms with Gasteiger partial charge in [0.05, 0.1) is 12.2 Å². The minimum atomic E-state index is -4.34. The number of rotatable bonds is 13. The van der Waals surface area contributed by atoms with Gasteiger partial charge < -0.3 is 19.7 Å². The number of hydrogen-bond donors (Lipinski definition) is 2. The summed E-state index contributed by atoms with van der Waals surface area (Å²) in [5.41, 5.74) is -0.419. The largest absolute Gasteiger partial charge is 0.477 e. The van der Waals surface area contributed by atoms with Crippen LogP contribution >= 0.6 is 11.6 Å². The summed E-state index contributed by atoms with van der Waals surface area (Å²) in [5.74, 6) is 1.07. The predicted molar refractivity (Wildman–Crippen MR) is 199 cm³/mol. The Hall–Kier alpha value is -3.91. The first kappa shape index (κ1) is 39.3. The van der Waals surface area contributed by atoms with Crippen molar-refractivity contribution in [3.05, 3.63) is 53.3 Å².